The van der Waals surface area contributed by atoms with Crippen LogP contribution in [0.4, 0.5) is 4.39 Å². The average molecular weight is 186 g/mol. The second kappa shape index (κ2) is 2.94. The van der Waals surface area contributed by atoms with E-state index in [-0.39, 0.29) is 11.9 Å². The van der Waals surface area contributed by atoms with Crippen LogP contribution < -0.4 is 5.32 Å². The molecule has 2 aliphatic rings. The van der Waals surface area contributed by atoms with Crippen molar-refractivity contribution in [1.29, 1.82) is 0 Å². The second-order valence-electron chi connectivity index (χ2n) is 4.21. The highest BCUT2D eigenvalue weighted by atomic mass is 19.1. The fourth-order valence-electron chi connectivity index (χ4n) is 1.64. The molecule has 1 amide bonds. The minimum Gasteiger partial charge on any atom is -0.344 e. The van der Waals surface area contributed by atoms with E-state index in [1.54, 1.807) is 11.9 Å². The van der Waals surface area contributed by atoms with E-state index in [9.17, 15) is 9.18 Å². The molecule has 0 spiro atoms. The van der Waals surface area contributed by atoms with Gasteiger partial charge in [-0.2, -0.15) is 0 Å². The van der Waals surface area contributed by atoms with Gasteiger partial charge in [0.05, 0.1) is 0 Å². The number of rotatable bonds is 3. The molecule has 1 saturated carbocycles. The van der Waals surface area contributed by atoms with Crippen molar-refractivity contribution in [2.24, 2.45) is 0 Å². The first kappa shape index (κ1) is 8.94. The first-order valence-electron chi connectivity index (χ1n) is 4.75. The van der Waals surface area contributed by atoms with Crippen LogP contribution in [0.25, 0.3) is 0 Å². The smallest absolute Gasteiger partial charge is 0.224 e. The molecule has 1 N–H and O–H groups in total. The van der Waals surface area contributed by atoms with Gasteiger partial charge < -0.3 is 10.2 Å². The summed E-state index contributed by atoms with van der Waals surface area (Å²) >= 11 is 0. The van der Waals surface area contributed by atoms with Gasteiger partial charge in [-0.15, -0.1) is 0 Å². The summed E-state index contributed by atoms with van der Waals surface area (Å²) in [6.07, 6.45) is 1.87. The molecule has 2 rings (SSSR count). The topological polar surface area (TPSA) is 32.3 Å². The van der Waals surface area contributed by atoms with Crippen LogP contribution >= 0.6 is 0 Å². The third-order valence-corrected chi connectivity index (χ3v) is 2.84. The molecule has 0 aromatic rings. The summed E-state index contributed by atoms with van der Waals surface area (Å²) in [7, 11) is 1.78. The van der Waals surface area contributed by atoms with E-state index in [0.717, 1.165) is 6.54 Å². The highest BCUT2D eigenvalue weighted by Gasteiger charge is 2.43. The van der Waals surface area contributed by atoms with Crippen molar-refractivity contribution in [1.82, 2.24) is 10.2 Å². The van der Waals surface area contributed by atoms with Crippen LogP contribution in [0.1, 0.15) is 19.3 Å². The number of alkyl halides is 1. The maximum Gasteiger partial charge on any atom is 0.224 e. The molecule has 2 fully saturated rings. The van der Waals surface area contributed by atoms with E-state index < -0.39 is 5.67 Å². The largest absolute Gasteiger partial charge is 0.344 e. The maximum absolute atomic E-state index is 13.2. The third kappa shape index (κ3) is 1.99. The van der Waals surface area contributed by atoms with E-state index in [2.05, 4.69) is 5.32 Å². The lowest BCUT2D eigenvalue weighted by molar-refractivity contribution is -0.126. The van der Waals surface area contributed by atoms with Crippen molar-refractivity contribution in [3.8, 4) is 0 Å². The summed E-state index contributed by atoms with van der Waals surface area (Å²) < 4.78 is 13.2. The Balaban J connectivity index is 1.74. The van der Waals surface area contributed by atoms with Crippen molar-refractivity contribution in [3.63, 3.8) is 0 Å². The Morgan fingerprint density at radius 3 is 2.85 bits per heavy atom. The molecule has 74 valence electrons. The van der Waals surface area contributed by atoms with E-state index >= 15 is 0 Å². The molecular formula is C9H15FN2O. The molecule has 1 unspecified atom stereocenters. The number of carbonyl (C=O) groups is 1. The number of hydrogen-bond acceptors (Lipinski definition) is 2. The van der Waals surface area contributed by atoms with Gasteiger partial charge >= 0.3 is 0 Å². The van der Waals surface area contributed by atoms with Gasteiger partial charge in [-0.3, -0.25) is 4.79 Å². The number of likely N-dealkylation sites (tertiary alicyclic amines) is 1. The first-order chi connectivity index (χ1) is 6.09. The zero-order valence-corrected chi connectivity index (χ0v) is 7.85. The predicted molar refractivity (Wildman–Crippen MR) is 47.1 cm³/mol. The minimum atomic E-state index is -0.954. The fraction of sp³-hybridized carbons (Fsp3) is 0.889. The van der Waals surface area contributed by atoms with Gasteiger partial charge in [-0.1, -0.05) is 0 Å². The maximum atomic E-state index is 13.2. The highest BCUT2D eigenvalue weighted by Crippen LogP contribution is 2.39. The SMILES string of the molecule is CN1CC(NCC2(F)CC2)CC1=O. The van der Waals surface area contributed by atoms with Gasteiger partial charge in [0.15, 0.2) is 0 Å². The first-order valence-corrected chi connectivity index (χ1v) is 4.75. The van der Waals surface area contributed by atoms with Crippen molar-refractivity contribution in [2.75, 3.05) is 20.1 Å². The molecule has 1 aliphatic heterocycles. The van der Waals surface area contributed by atoms with Crippen LogP contribution in [0.2, 0.25) is 0 Å². The van der Waals surface area contributed by atoms with E-state index in [1.165, 1.54) is 0 Å². The Morgan fingerprint density at radius 2 is 2.38 bits per heavy atom. The van der Waals surface area contributed by atoms with Gasteiger partial charge in [0.2, 0.25) is 5.91 Å². The predicted octanol–water partition coefficient (Wildman–Crippen LogP) is 0.309. The lowest BCUT2D eigenvalue weighted by Gasteiger charge is -2.13. The number of hydrogen-bond donors (Lipinski definition) is 1. The number of likely N-dealkylation sites (N-methyl/N-ethyl adjacent to an activating group) is 1. The van der Waals surface area contributed by atoms with E-state index in [4.69, 9.17) is 0 Å². The summed E-state index contributed by atoms with van der Waals surface area (Å²) in [6.45, 7) is 1.13. The summed E-state index contributed by atoms with van der Waals surface area (Å²) in [5.74, 6) is 0.154. The van der Waals surface area contributed by atoms with Crippen molar-refractivity contribution < 1.29 is 9.18 Å². The Hall–Kier alpha value is -0.640. The molecular weight excluding hydrogens is 171 g/mol. The number of halogens is 1. The van der Waals surface area contributed by atoms with Crippen molar-refractivity contribution in [3.05, 3.63) is 0 Å². The molecule has 0 aromatic heterocycles. The van der Waals surface area contributed by atoms with E-state index in [1.807, 2.05) is 0 Å². The van der Waals surface area contributed by atoms with Crippen LogP contribution in [-0.2, 0) is 4.79 Å². The molecule has 1 saturated heterocycles. The Labute approximate surface area is 77.3 Å². The minimum absolute atomic E-state index is 0.154. The highest BCUT2D eigenvalue weighted by molar-refractivity contribution is 5.78. The fourth-order valence-corrected chi connectivity index (χ4v) is 1.64. The van der Waals surface area contributed by atoms with Gasteiger partial charge in [-0.05, 0) is 12.8 Å². The lowest BCUT2D eigenvalue weighted by atomic mass is 10.2. The molecule has 1 heterocycles. The lowest BCUT2D eigenvalue weighted by Crippen LogP contribution is -2.36. The Bertz CT molecular complexity index is 228. The van der Waals surface area contributed by atoms with Gasteiger partial charge in [0.1, 0.15) is 5.67 Å². The standard InChI is InChI=1S/C9H15FN2O/c1-12-5-7(4-8(12)13)11-6-9(10)2-3-9/h7,11H,2-6H2,1H3. The molecule has 0 radical (unpaired) electrons. The van der Waals surface area contributed by atoms with Gasteiger partial charge in [-0.25, -0.2) is 4.39 Å². The Morgan fingerprint density at radius 1 is 1.69 bits per heavy atom. The van der Waals surface area contributed by atoms with Crippen molar-refractivity contribution >= 4 is 5.91 Å². The monoisotopic (exact) mass is 186 g/mol. The van der Waals surface area contributed by atoms with Gasteiger partial charge in [0, 0.05) is 32.6 Å². The molecule has 0 aromatic carbocycles. The summed E-state index contributed by atoms with van der Waals surface area (Å²) in [5, 5.41) is 3.11. The van der Waals surface area contributed by atoms with Crippen LogP contribution in [-0.4, -0.2) is 42.7 Å². The average Bonchev–Trinajstić information content (AvgIpc) is 2.72. The molecule has 0 bridgehead atoms. The van der Waals surface area contributed by atoms with Crippen LogP contribution in [0, 0.1) is 0 Å². The van der Waals surface area contributed by atoms with Crippen LogP contribution in [0.15, 0.2) is 0 Å². The van der Waals surface area contributed by atoms with Gasteiger partial charge in [0.25, 0.3) is 0 Å². The summed E-state index contributed by atoms with van der Waals surface area (Å²) in [5.41, 5.74) is -0.954. The Kier molecular flexibility index (Phi) is 2.02. The molecule has 1 aliphatic carbocycles. The molecule has 4 heteroatoms. The number of carbonyl (C=O) groups excluding carboxylic acids is 1. The second-order valence-corrected chi connectivity index (χ2v) is 4.21. The molecule has 1 atom stereocenters. The molecule has 13 heavy (non-hydrogen) atoms. The molecule has 3 nitrogen and oxygen atoms in total. The zero-order chi connectivity index (χ0) is 9.47. The zero-order valence-electron chi connectivity index (χ0n) is 7.85. The van der Waals surface area contributed by atoms with Crippen LogP contribution in [0.3, 0.4) is 0 Å². The van der Waals surface area contributed by atoms with Crippen LogP contribution in [0.5, 0.6) is 0 Å². The number of nitrogens with zero attached hydrogens (tertiary/aromatic N) is 1. The number of amides is 1. The summed E-state index contributed by atoms with van der Waals surface area (Å²) in [4.78, 5) is 12.8. The normalized spacial score (nSPS) is 31.1. The van der Waals surface area contributed by atoms with E-state index in [0.29, 0.717) is 25.8 Å². The third-order valence-electron chi connectivity index (χ3n) is 2.84. The summed E-state index contributed by atoms with van der Waals surface area (Å²) in [6, 6.07) is 0.158. The van der Waals surface area contributed by atoms with Crippen molar-refractivity contribution in [2.45, 2.75) is 31.0 Å². The number of nitrogens with one attached hydrogen (secondary N) is 1. The quantitative estimate of drug-likeness (QED) is 0.688.